The van der Waals surface area contributed by atoms with E-state index in [1.165, 1.54) is 0 Å². The van der Waals surface area contributed by atoms with E-state index < -0.39 is 12.4 Å². The van der Waals surface area contributed by atoms with Crippen LogP contribution in [-0.4, -0.2) is 18.1 Å². The molecule has 88 valence electrons. The highest BCUT2D eigenvalue weighted by atomic mass is 79.9. The van der Waals surface area contributed by atoms with E-state index in [1.807, 2.05) is 0 Å². The summed E-state index contributed by atoms with van der Waals surface area (Å²) in [4.78, 5) is 14.8. The van der Waals surface area contributed by atoms with Gasteiger partial charge in [-0.05, 0) is 5.56 Å². The number of nitrogens with two attached hydrogens (primary N) is 1. The van der Waals surface area contributed by atoms with Crippen LogP contribution in [-0.2, 0) is 10.1 Å². The number of anilines is 1. The molecule has 0 aliphatic rings. The molecule has 0 spiro atoms. The number of rotatable bonds is 3. The fraction of sp³-hybridized carbons (Fsp3) is 0.333. The first-order valence-electron chi connectivity index (χ1n) is 4.22. The lowest BCUT2D eigenvalue weighted by molar-refractivity contribution is 0.0594. The molecular formula is C9H9BrF2N2O2. The molecule has 0 atom stereocenters. The Kier molecular flexibility index (Phi) is 4.17. The number of esters is 1. The molecule has 0 aromatic carbocycles. The Balaban J connectivity index is 3.34. The van der Waals surface area contributed by atoms with Crippen molar-refractivity contribution >= 4 is 27.6 Å². The largest absolute Gasteiger partial charge is 0.464 e. The van der Waals surface area contributed by atoms with Crippen LogP contribution in [0.2, 0.25) is 0 Å². The van der Waals surface area contributed by atoms with Gasteiger partial charge in [-0.15, -0.1) is 0 Å². The lowest BCUT2D eigenvalue weighted by Crippen LogP contribution is -2.12. The molecule has 7 heteroatoms. The first-order chi connectivity index (χ1) is 7.52. The van der Waals surface area contributed by atoms with Crippen molar-refractivity contribution in [2.24, 2.45) is 0 Å². The molecule has 0 unspecified atom stereocenters. The van der Waals surface area contributed by atoms with Crippen LogP contribution < -0.4 is 5.73 Å². The van der Waals surface area contributed by atoms with Gasteiger partial charge in [0.15, 0.2) is 5.69 Å². The molecule has 0 fully saturated rings. The smallest absolute Gasteiger partial charge is 0.358 e. The lowest BCUT2D eigenvalue weighted by atomic mass is 10.1. The first-order valence-corrected chi connectivity index (χ1v) is 5.34. The second-order valence-corrected chi connectivity index (χ2v) is 3.44. The van der Waals surface area contributed by atoms with Crippen LogP contribution in [0.3, 0.4) is 0 Å². The second kappa shape index (κ2) is 5.20. The lowest BCUT2D eigenvalue weighted by Gasteiger charge is -2.11. The Morgan fingerprint density at radius 3 is 2.75 bits per heavy atom. The van der Waals surface area contributed by atoms with Crippen LogP contribution in [0.4, 0.5) is 14.5 Å². The number of hydrogen-bond donors (Lipinski definition) is 1. The molecular weight excluding hydrogens is 286 g/mol. The SMILES string of the molecule is COC(=O)c1ncc(C(F)F)c(CBr)c1N. The third-order valence-electron chi connectivity index (χ3n) is 2.01. The molecule has 0 amide bonds. The van der Waals surface area contributed by atoms with Gasteiger partial charge in [-0.25, -0.2) is 18.6 Å². The van der Waals surface area contributed by atoms with Gasteiger partial charge in [-0.1, -0.05) is 15.9 Å². The molecule has 1 aromatic rings. The number of alkyl halides is 3. The standard InChI is InChI=1S/C9H9BrF2N2O2/c1-16-9(15)7-6(13)4(2-10)5(3-14-7)8(11)12/h3,8H,2,13H2,1H3. The minimum Gasteiger partial charge on any atom is -0.464 e. The molecule has 0 saturated carbocycles. The van der Waals surface area contributed by atoms with Crippen LogP contribution in [0.15, 0.2) is 6.20 Å². The van der Waals surface area contributed by atoms with Gasteiger partial charge in [-0.2, -0.15) is 0 Å². The van der Waals surface area contributed by atoms with Crippen molar-refractivity contribution in [2.45, 2.75) is 11.8 Å². The quantitative estimate of drug-likeness (QED) is 0.686. The number of nitrogen functional groups attached to an aromatic ring is 1. The number of halogens is 3. The highest BCUT2D eigenvalue weighted by Gasteiger charge is 2.21. The highest BCUT2D eigenvalue weighted by molar-refractivity contribution is 9.08. The Hall–Kier alpha value is -1.24. The molecule has 0 bridgehead atoms. The Labute approximate surface area is 98.9 Å². The molecule has 1 heterocycles. The van der Waals surface area contributed by atoms with E-state index >= 15 is 0 Å². The van der Waals surface area contributed by atoms with Crippen molar-refractivity contribution in [1.29, 1.82) is 0 Å². The summed E-state index contributed by atoms with van der Waals surface area (Å²) in [5.41, 5.74) is 5.22. The number of nitrogens with zero attached hydrogens (tertiary/aromatic N) is 1. The summed E-state index contributed by atoms with van der Waals surface area (Å²) >= 11 is 3.04. The van der Waals surface area contributed by atoms with Crippen LogP contribution in [0.1, 0.15) is 28.0 Å². The maximum atomic E-state index is 12.6. The van der Waals surface area contributed by atoms with Gasteiger partial charge in [-0.3, -0.25) is 0 Å². The third-order valence-corrected chi connectivity index (χ3v) is 2.57. The van der Waals surface area contributed by atoms with Crippen LogP contribution in [0.5, 0.6) is 0 Å². The topological polar surface area (TPSA) is 65.2 Å². The van der Waals surface area contributed by atoms with E-state index in [-0.39, 0.29) is 27.8 Å². The minimum atomic E-state index is -2.69. The van der Waals surface area contributed by atoms with Crippen molar-refractivity contribution in [2.75, 3.05) is 12.8 Å². The van der Waals surface area contributed by atoms with E-state index in [0.29, 0.717) is 0 Å². The first kappa shape index (κ1) is 12.8. The molecule has 1 aromatic heterocycles. The van der Waals surface area contributed by atoms with Crippen molar-refractivity contribution in [3.63, 3.8) is 0 Å². The zero-order valence-electron chi connectivity index (χ0n) is 8.34. The summed E-state index contributed by atoms with van der Waals surface area (Å²) in [6.07, 6.45) is -1.75. The number of methoxy groups -OCH3 is 1. The summed E-state index contributed by atoms with van der Waals surface area (Å²) in [6, 6.07) is 0. The predicted octanol–water partition coefficient (Wildman–Crippen LogP) is 2.28. The Bertz CT molecular complexity index is 413. The Morgan fingerprint density at radius 2 is 2.31 bits per heavy atom. The van der Waals surface area contributed by atoms with Gasteiger partial charge in [0.05, 0.1) is 12.8 Å². The summed E-state index contributed by atoms with van der Waals surface area (Å²) < 4.78 is 29.6. The van der Waals surface area contributed by atoms with Gasteiger partial charge >= 0.3 is 5.97 Å². The average molecular weight is 295 g/mol. The summed E-state index contributed by atoms with van der Waals surface area (Å²) in [5.74, 6) is -0.750. The van der Waals surface area contributed by atoms with Crippen molar-refractivity contribution in [3.05, 3.63) is 23.0 Å². The molecule has 0 saturated heterocycles. The number of carbonyl (C=O) groups excluding carboxylic acids is 1. The fourth-order valence-electron chi connectivity index (χ4n) is 1.18. The van der Waals surface area contributed by atoms with E-state index in [0.717, 1.165) is 13.3 Å². The molecule has 1 rings (SSSR count). The molecule has 0 aliphatic heterocycles. The van der Waals surface area contributed by atoms with E-state index in [1.54, 1.807) is 0 Å². The highest BCUT2D eigenvalue weighted by Crippen LogP contribution is 2.29. The number of aromatic nitrogens is 1. The van der Waals surface area contributed by atoms with Crippen molar-refractivity contribution in [3.8, 4) is 0 Å². The Morgan fingerprint density at radius 1 is 1.69 bits per heavy atom. The fourth-order valence-corrected chi connectivity index (χ4v) is 1.80. The second-order valence-electron chi connectivity index (χ2n) is 2.88. The summed E-state index contributed by atoms with van der Waals surface area (Å²) in [7, 11) is 1.16. The average Bonchev–Trinajstić information content (AvgIpc) is 2.27. The number of carbonyl (C=O) groups is 1. The normalized spacial score (nSPS) is 10.6. The van der Waals surface area contributed by atoms with Crippen molar-refractivity contribution < 1.29 is 18.3 Å². The molecule has 0 aliphatic carbocycles. The third kappa shape index (κ3) is 2.29. The monoisotopic (exact) mass is 294 g/mol. The van der Waals surface area contributed by atoms with Gasteiger partial charge in [0.1, 0.15) is 0 Å². The maximum absolute atomic E-state index is 12.6. The minimum absolute atomic E-state index is 0.0819. The molecule has 2 N–H and O–H groups in total. The van der Waals surface area contributed by atoms with Gasteiger partial charge < -0.3 is 10.5 Å². The maximum Gasteiger partial charge on any atom is 0.358 e. The van der Waals surface area contributed by atoms with Crippen LogP contribution in [0.25, 0.3) is 0 Å². The number of ether oxygens (including phenoxy) is 1. The number of pyridine rings is 1. The summed E-state index contributed by atoms with van der Waals surface area (Å²) in [5, 5.41) is 0.116. The molecule has 4 nitrogen and oxygen atoms in total. The molecule has 16 heavy (non-hydrogen) atoms. The van der Waals surface area contributed by atoms with E-state index in [2.05, 4.69) is 25.7 Å². The summed E-state index contributed by atoms with van der Waals surface area (Å²) in [6.45, 7) is 0. The van der Waals surface area contributed by atoms with Crippen LogP contribution >= 0.6 is 15.9 Å². The van der Waals surface area contributed by atoms with Gasteiger partial charge in [0.2, 0.25) is 0 Å². The van der Waals surface area contributed by atoms with Gasteiger partial charge in [0.25, 0.3) is 6.43 Å². The predicted molar refractivity (Wildman–Crippen MR) is 57.6 cm³/mol. The van der Waals surface area contributed by atoms with Crippen LogP contribution in [0, 0.1) is 0 Å². The van der Waals surface area contributed by atoms with E-state index in [9.17, 15) is 13.6 Å². The van der Waals surface area contributed by atoms with E-state index in [4.69, 9.17) is 5.73 Å². The zero-order valence-corrected chi connectivity index (χ0v) is 9.92. The van der Waals surface area contributed by atoms with Gasteiger partial charge in [0, 0.05) is 17.1 Å². The zero-order chi connectivity index (χ0) is 12.3. The van der Waals surface area contributed by atoms with Crippen molar-refractivity contribution in [1.82, 2.24) is 4.98 Å². The molecule has 0 radical (unpaired) electrons. The number of hydrogen-bond acceptors (Lipinski definition) is 4.